The third-order valence-corrected chi connectivity index (χ3v) is 7.57. The van der Waals surface area contributed by atoms with Crippen molar-refractivity contribution in [2.45, 2.75) is 93.4 Å². The molecule has 2 aromatic carbocycles. The molecule has 0 N–H and O–H groups in total. The molecule has 0 aromatic heterocycles. The Labute approximate surface area is 187 Å². The maximum atomic E-state index is 6.41. The minimum absolute atomic E-state index is 0.251. The Morgan fingerprint density at radius 2 is 1.53 bits per heavy atom. The van der Waals surface area contributed by atoms with Crippen molar-refractivity contribution in [1.82, 2.24) is 0 Å². The van der Waals surface area contributed by atoms with Crippen LogP contribution in [-0.2, 0) is 4.74 Å². The Kier molecular flexibility index (Phi) is 8.16. The Hall–Kier alpha value is -1.45. The third-order valence-electron chi connectivity index (χ3n) is 6.45. The molecule has 2 heterocycles. The number of nitrogens with zero attached hydrogens (tertiary/aromatic N) is 1. The van der Waals surface area contributed by atoms with Gasteiger partial charge >= 0.3 is 0 Å². The van der Waals surface area contributed by atoms with Gasteiger partial charge in [-0.3, -0.25) is 0 Å². The number of rotatable bonds is 12. The summed E-state index contributed by atoms with van der Waals surface area (Å²) in [5.41, 5.74) is 4.13. The van der Waals surface area contributed by atoms with Gasteiger partial charge in [0.15, 0.2) is 0 Å². The molecule has 2 aliphatic heterocycles. The highest BCUT2D eigenvalue weighted by atomic mass is 32.2. The van der Waals surface area contributed by atoms with E-state index in [9.17, 15) is 0 Å². The zero-order chi connectivity index (χ0) is 20.6. The standard InChI is InChI=1S/C27H37NOS/c1-2-3-4-5-6-7-8-9-10-13-21-29-24-19-20-28-23-16-11-12-17-25(23)30-26-18-14-15-22(24)27(26)28/h11-12,14-18,24H,2-10,13,19-21H2,1H3. The lowest BCUT2D eigenvalue weighted by Crippen LogP contribution is -2.30. The number of unbranched alkanes of at least 4 members (excludes halogenated alkanes) is 9. The van der Waals surface area contributed by atoms with Crippen molar-refractivity contribution in [2.24, 2.45) is 0 Å². The molecular weight excluding hydrogens is 386 g/mol. The van der Waals surface area contributed by atoms with Crippen molar-refractivity contribution in [2.75, 3.05) is 18.1 Å². The van der Waals surface area contributed by atoms with Crippen molar-refractivity contribution in [3.05, 3.63) is 48.0 Å². The van der Waals surface area contributed by atoms with Crippen LogP contribution in [0.2, 0.25) is 0 Å². The molecule has 1 atom stereocenters. The van der Waals surface area contributed by atoms with Crippen LogP contribution in [-0.4, -0.2) is 13.2 Å². The second-order valence-electron chi connectivity index (χ2n) is 8.75. The fourth-order valence-corrected chi connectivity index (χ4v) is 5.94. The number of para-hydroxylation sites is 2. The quantitative estimate of drug-likeness (QED) is 0.317. The second kappa shape index (κ2) is 11.2. The van der Waals surface area contributed by atoms with Gasteiger partial charge in [0.1, 0.15) is 0 Å². The number of benzene rings is 2. The molecule has 0 aliphatic carbocycles. The summed E-state index contributed by atoms with van der Waals surface area (Å²) < 4.78 is 6.41. The van der Waals surface area contributed by atoms with Crippen molar-refractivity contribution >= 4 is 23.1 Å². The number of ether oxygens (including phenoxy) is 1. The van der Waals surface area contributed by atoms with E-state index in [1.165, 1.54) is 90.9 Å². The first-order chi connectivity index (χ1) is 14.9. The van der Waals surface area contributed by atoms with Gasteiger partial charge in [-0.05, 0) is 31.0 Å². The summed E-state index contributed by atoms with van der Waals surface area (Å²) >= 11 is 1.90. The molecule has 1 unspecified atom stereocenters. The topological polar surface area (TPSA) is 12.5 Å². The number of hydrogen-bond donors (Lipinski definition) is 0. The highest BCUT2D eigenvalue weighted by Crippen LogP contribution is 2.53. The van der Waals surface area contributed by atoms with E-state index >= 15 is 0 Å². The van der Waals surface area contributed by atoms with Crippen LogP contribution in [0.4, 0.5) is 11.4 Å². The summed E-state index contributed by atoms with van der Waals surface area (Å²) in [4.78, 5) is 5.25. The van der Waals surface area contributed by atoms with E-state index in [4.69, 9.17) is 4.74 Å². The normalized spacial score (nSPS) is 17.0. The van der Waals surface area contributed by atoms with Crippen molar-refractivity contribution in [1.29, 1.82) is 0 Å². The van der Waals surface area contributed by atoms with Gasteiger partial charge in [-0.25, -0.2) is 0 Å². The maximum Gasteiger partial charge on any atom is 0.0862 e. The van der Waals surface area contributed by atoms with Crippen LogP contribution < -0.4 is 4.90 Å². The Bertz CT molecular complexity index is 805. The SMILES string of the molecule is CCCCCCCCCCCCOC1CCN2c3ccccc3Sc3cccc1c32. The van der Waals surface area contributed by atoms with Gasteiger partial charge in [-0.1, -0.05) is 101 Å². The molecule has 2 aromatic rings. The predicted octanol–water partition coefficient (Wildman–Crippen LogP) is 8.67. The summed E-state index contributed by atoms with van der Waals surface area (Å²) in [6, 6.07) is 15.5. The Morgan fingerprint density at radius 3 is 2.33 bits per heavy atom. The van der Waals surface area contributed by atoms with E-state index in [0.717, 1.165) is 19.6 Å². The van der Waals surface area contributed by atoms with Crippen LogP contribution in [0.3, 0.4) is 0 Å². The molecule has 30 heavy (non-hydrogen) atoms. The molecule has 0 radical (unpaired) electrons. The number of fused-ring (bicyclic) bond motifs is 2. The Balaban J connectivity index is 1.22. The monoisotopic (exact) mass is 423 g/mol. The average molecular weight is 424 g/mol. The Morgan fingerprint density at radius 1 is 0.833 bits per heavy atom. The van der Waals surface area contributed by atoms with Gasteiger partial charge in [0, 0.05) is 28.5 Å². The summed E-state index contributed by atoms with van der Waals surface area (Å²) in [6.07, 6.45) is 15.0. The number of anilines is 2. The summed E-state index contributed by atoms with van der Waals surface area (Å²) in [7, 11) is 0. The molecule has 162 valence electrons. The molecule has 2 aliphatic rings. The first kappa shape index (κ1) is 21.8. The summed E-state index contributed by atoms with van der Waals surface area (Å²) in [5.74, 6) is 0. The lowest BCUT2D eigenvalue weighted by Gasteiger charge is -2.40. The van der Waals surface area contributed by atoms with E-state index in [2.05, 4.69) is 54.3 Å². The fourth-order valence-electron chi connectivity index (χ4n) is 4.80. The largest absolute Gasteiger partial charge is 0.373 e. The molecule has 0 saturated heterocycles. The van der Waals surface area contributed by atoms with Crippen LogP contribution in [0.25, 0.3) is 0 Å². The average Bonchev–Trinajstić information content (AvgIpc) is 2.78. The summed E-state index contributed by atoms with van der Waals surface area (Å²) in [6.45, 7) is 4.23. The van der Waals surface area contributed by atoms with E-state index in [-0.39, 0.29) is 6.10 Å². The third kappa shape index (κ3) is 5.23. The predicted molar refractivity (Wildman–Crippen MR) is 129 cm³/mol. The molecule has 0 saturated carbocycles. The van der Waals surface area contributed by atoms with Crippen molar-refractivity contribution in [3.8, 4) is 0 Å². The zero-order valence-electron chi connectivity index (χ0n) is 18.6. The second-order valence-corrected chi connectivity index (χ2v) is 9.83. The lowest BCUT2D eigenvalue weighted by atomic mass is 9.97. The van der Waals surface area contributed by atoms with Gasteiger partial charge in [-0.2, -0.15) is 0 Å². The molecule has 0 bridgehead atoms. The van der Waals surface area contributed by atoms with Gasteiger partial charge in [0.2, 0.25) is 0 Å². The van der Waals surface area contributed by atoms with E-state index in [0.29, 0.717) is 0 Å². The van der Waals surface area contributed by atoms with Crippen molar-refractivity contribution < 1.29 is 4.74 Å². The smallest absolute Gasteiger partial charge is 0.0862 e. The molecule has 4 rings (SSSR count). The summed E-state index contributed by atoms with van der Waals surface area (Å²) in [5, 5.41) is 0. The lowest BCUT2D eigenvalue weighted by molar-refractivity contribution is 0.0430. The molecule has 2 nitrogen and oxygen atoms in total. The van der Waals surface area contributed by atoms with E-state index in [1.807, 2.05) is 11.8 Å². The van der Waals surface area contributed by atoms with E-state index in [1.54, 1.807) is 0 Å². The fraction of sp³-hybridized carbons (Fsp3) is 0.556. The van der Waals surface area contributed by atoms with Crippen LogP contribution in [0, 0.1) is 0 Å². The highest BCUT2D eigenvalue weighted by Gasteiger charge is 2.32. The van der Waals surface area contributed by atoms with Gasteiger partial charge in [0.25, 0.3) is 0 Å². The minimum Gasteiger partial charge on any atom is -0.373 e. The first-order valence-corrected chi connectivity index (χ1v) is 13.0. The molecule has 3 heteroatoms. The van der Waals surface area contributed by atoms with Crippen LogP contribution in [0.1, 0.15) is 89.2 Å². The van der Waals surface area contributed by atoms with Crippen LogP contribution in [0.15, 0.2) is 52.3 Å². The van der Waals surface area contributed by atoms with Gasteiger partial charge in [-0.15, -0.1) is 0 Å². The van der Waals surface area contributed by atoms with Gasteiger partial charge < -0.3 is 9.64 Å². The van der Waals surface area contributed by atoms with Gasteiger partial charge in [0.05, 0.1) is 17.5 Å². The van der Waals surface area contributed by atoms with Crippen molar-refractivity contribution in [3.63, 3.8) is 0 Å². The maximum absolute atomic E-state index is 6.41. The minimum atomic E-state index is 0.251. The van der Waals surface area contributed by atoms with E-state index < -0.39 is 0 Å². The molecule has 0 amide bonds. The molecular formula is C27H37NOS. The highest BCUT2D eigenvalue weighted by molar-refractivity contribution is 7.99. The molecule has 0 spiro atoms. The molecule has 0 fully saturated rings. The van der Waals surface area contributed by atoms with Crippen LogP contribution in [0.5, 0.6) is 0 Å². The number of hydrogen-bond acceptors (Lipinski definition) is 3. The first-order valence-electron chi connectivity index (χ1n) is 12.2. The van der Waals surface area contributed by atoms with Crippen LogP contribution >= 0.6 is 11.8 Å². The zero-order valence-corrected chi connectivity index (χ0v) is 19.4.